The molecular weight excluding hydrogens is 634 g/mol. The predicted molar refractivity (Wildman–Crippen MR) is 176 cm³/mol. The molecule has 1 unspecified atom stereocenters. The molecule has 2 aliphatic heterocycles. The number of carbonyl (C=O) groups excluding carboxylic acids is 2. The van der Waals surface area contributed by atoms with Crippen molar-refractivity contribution < 1.29 is 32.2 Å². The van der Waals surface area contributed by atoms with Crippen LogP contribution in [-0.2, 0) is 25.2 Å². The topological polar surface area (TPSA) is 142 Å². The van der Waals surface area contributed by atoms with E-state index in [0.29, 0.717) is 17.4 Å². The Bertz CT molecular complexity index is 2020. The van der Waals surface area contributed by atoms with Crippen molar-refractivity contribution in [2.75, 3.05) is 49.1 Å². The minimum absolute atomic E-state index is 0.0112. The molecule has 246 valence electrons. The van der Waals surface area contributed by atoms with E-state index in [2.05, 4.69) is 16.0 Å². The second-order valence-electron chi connectivity index (χ2n) is 11.2. The van der Waals surface area contributed by atoms with Crippen molar-refractivity contribution in [3.05, 3.63) is 107 Å². The van der Waals surface area contributed by atoms with Crippen molar-refractivity contribution in [1.29, 1.82) is 5.26 Å². The summed E-state index contributed by atoms with van der Waals surface area (Å²) in [5, 5.41) is 9.88. The number of aryl methyl sites for hydroxylation is 1. The van der Waals surface area contributed by atoms with Crippen LogP contribution in [-0.4, -0.2) is 70.2 Å². The van der Waals surface area contributed by atoms with E-state index >= 15 is 4.79 Å². The lowest BCUT2D eigenvalue weighted by Gasteiger charge is -2.38. The van der Waals surface area contributed by atoms with Crippen LogP contribution in [0.2, 0.25) is 0 Å². The highest BCUT2D eigenvalue weighted by Gasteiger charge is 2.61. The Labute approximate surface area is 278 Å². The van der Waals surface area contributed by atoms with Crippen LogP contribution in [0, 0.1) is 18.3 Å². The zero-order chi connectivity index (χ0) is 34.1. The Morgan fingerprint density at radius 3 is 2.38 bits per heavy atom. The molecule has 13 heteroatoms. The maximum Gasteiger partial charge on any atom is 0.411 e. The quantitative estimate of drug-likeness (QED) is 0.262. The number of ether oxygens (including phenoxy) is 3. The van der Waals surface area contributed by atoms with E-state index in [-0.39, 0.29) is 58.5 Å². The van der Waals surface area contributed by atoms with Crippen molar-refractivity contribution in [3.8, 4) is 17.6 Å². The lowest BCUT2D eigenvalue weighted by molar-refractivity contribution is -0.132. The van der Waals surface area contributed by atoms with Gasteiger partial charge in [0, 0.05) is 49.8 Å². The number of piperazine rings is 1. The van der Waals surface area contributed by atoms with Gasteiger partial charge in [-0.2, -0.15) is 9.57 Å². The molecule has 0 N–H and O–H groups in total. The third kappa shape index (κ3) is 5.43. The smallest absolute Gasteiger partial charge is 0.411 e. The highest BCUT2D eigenvalue weighted by molar-refractivity contribution is 7.93. The van der Waals surface area contributed by atoms with Gasteiger partial charge in [-0.25, -0.2) is 13.2 Å². The van der Waals surface area contributed by atoms with E-state index in [0.717, 1.165) is 11.3 Å². The summed E-state index contributed by atoms with van der Waals surface area (Å²) in [7, 11) is -3.33. The molecule has 0 radical (unpaired) electrons. The fourth-order valence-electron chi connectivity index (χ4n) is 6.11. The number of carbonyl (C=O) groups is 2. The lowest BCUT2D eigenvalue weighted by Crippen LogP contribution is -2.53. The molecule has 2 amide bonds. The molecule has 4 aromatic rings. The summed E-state index contributed by atoms with van der Waals surface area (Å²) in [5.74, 6) is -0.815. The third-order valence-electron chi connectivity index (χ3n) is 8.42. The highest BCUT2D eigenvalue weighted by Crippen LogP contribution is 2.52. The van der Waals surface area contributed by atoms with Crippen LogP contribution in [0.5, 0.6) is 11.5 Å². The second-order valence-corrected chi connectivity index (χ2v) is 13.0. The minimum Gasteiger partial charge on any atom is -0.495 e. The first-order valence-electron chi connectivity index (χ1n) is 15.3. The van der Waals surface area contributed by atoms with Gasteiger partial charge in [-0.1, -0.05) is 24.3 Å². The van der Waals surface area contributed by atoms with Crippen molar-refractivity contribution in [2.24, 2.45) is 0 Å². The largest absolute Gasteiger partial charge is 0.495 e. The maximum atomic E-state index is 15.0. The van der Waals surface area contributed by atoms with Crippen LogP contribution in [0.1, 0.15) is 29.2 Å². The normalized spacial score (nSPS) is 17.5. The fraction of sp³-hybridized carbons (Fsp3) is 0.257. The number of hydrogen-bond acceptors (Lipinski definition) is 10. The number of aromatic nitrogens is 1. The van der Waals surface area contributed by atoms with Crippen molar-refractivity contribution in [3.63, 3.8) is 0 Å². The summed E-state index contributed by atoms with van der Waals surface area (Å²) in [5.41, 5.74) is -0.440. The van der Waals surface area contributed by atoms with Crippen LogP contribution in [0.15, 0.2) is 90.1 Å². The number of para-hydroxylation sites is 1. The van der Waals surface area contributed by atoms with E-state index in [1.165, 1.54) is 36.3 Å². The fourth-order valence-corrected chi connectivity index (χ4v) is 7.71. The van der Waals surface area contributed by atoms with Gasteiger partial charge in [0.15, 0.2) is 0 Å². The first kappa shape index (κ1) is 32.3. The molecule has 3 aromatic carbocycles. The van der Waals surface area contributed by atoms with E-state index in [1.54, 1.807) is 62.6 Å². The van der Waals surface area contributed by atoms with Crippen molar-refractivity contribution >= 4 is 33.4 Å². The van der Waals surface area contributed by atoms with Crippen LogP contribution in [0.25, 0.3) is 0 Å². The molecule has 1 aromatic heterocycles. The SMILES string of the molecule is CCOc1ccccc1C1(OC(=O)N2CCN(c3ccncc3)CC2)C(=O)N(S(=O)(=O)c2ccc(C)cc2OC)c2ccc(C#N)cc21. The van der Waals surface area contributed by atoms with E-state index in [4.69, 9.17) is 14.2 Å². The Kier molecular flexibility index (Phi) is 8.68. The molecule has 0 spiro atoms. The van der Waals surface area contributed by atoms with Crippen LogP contribution < -0.4 is 18.7 Å². The number of nitrogens with zero attached hydrogens (tertiary/aromatic N) is 5. The Hall–Kier alpha value is -5.61. The number of rotatable bonds is 8. The Morgan fingerprint density at radius 2 is 1.69 bits per heavy atom. The number of fused-ring (bicyclic) bond motifs is 1. The number of methoxy groups -OCH3 is 1. The van der Waals surface area contributed by atoms with E-state index in [1.807, 2.05) is 12.1 Å². The number of sulfonamides is 1. The first-order valence-corrected chi connectivity index (χ1v) is 16.7. The first-order chi connectivity index (χ1) is 23.1. The highest BCUT2D eigenvalue weighted by atomic mass is 32.2. The maximum absolute atomic E-state index is 15.0. The summed E-state index contributed by atoms with van der Waals surface area (Å²) in [4.78, 5) is 36.6. The zero-order valence-electron chi connectivity index (χ0n) is 26.6. The van der Waals surface area contributed by atoms with E-state index in [9.17, 15) is 18.5 Å². The molecule has 1 atom stereocenters. The summed E-state index contributed by atoms with van der Waals surface area (Å²) in [6.45, 7) is 5.26. The van der Waals surface area contributed by atoms with Crippen LogP contribution in [0.4, 0.5) is 16.2 Å². The molecule has 1 saturated heterocycles. The summed E-state index contributed by atoms with van der Waals surface area (Å²) in [6.07, 6.45) is 2.56. The van der Waals surface area contributed by atoms with Gasteiger partial charge in [-0.3, -0.25) is 9.78 Å². The number of benzene rings is 3. The third-order valence-corrected chi connectivity index (χ3v) is 10.2. The molecule has 2 aliphatic rings. The van der Waals surface area contributed by atoms with Gasteiger partial charge >= 0.3 is 6.09 Å². The molecule has 0 aliphatic carbocycles. The number of amides is 2. The molecule has 48 heavy (non-hydrogen) atoms. The molecule has 3 heterocycles. The summed E-state index contributed by atoms with van der Waals surface area (Å²) >= 11 is 0. The monoisotopic (exact) mass is 667 g/mol. The van der Waals surface area contributed by atoms with Crippen LogP contribution in [0.3, 0.4) is 0 Å². The molecular formula is C35H33N5O7S. The van der Waals surface area contributed by atoms with Gasteiger partial charge < -0.3 is 24.0 Å². The molecule has 1 fully saturated rings. The van der Waals surface area contributed by atoms with Crippen molar-refractivity contribution in [2.45, 2.75) is 24.3 Å². The summed E-state index contributed by atoms with van der Waals surface area (Å²) in [6, 6.07) is 21.0. The number of nitriles is 1. The average Bonchev–Trinajstić information content (AvgIpc) is 3.36. The molecule has 12 nitrogen and oxygen atoms in total. The zero-order valence-corrected chi connectivity index (χ0v) is 27.4. The van der Waals surface area contributed by atoms with Crippen molar-refractivity contribution in [1.82, 2.24) is 9.88 Å². The van der Waals surface area contributed by atoms with Gasteiger partial charge in [-0.05, 0) is 67.9 Å². The van der Waals surface area contributed by atoms with Gasteiger partial charge in [0.2, 0.25) is 5.60 Å². The molecule has 0 saturated carbocycles. The minimum atomic E-state index is -4.66. The van der Waals surface area contributed by atoms with Gasteiger partial charge in [0.25, 0.3) is 15.9 Å². The Balaban J connectivity index is 1.50. The number of hydrogen-bond donors (Lipinski definition) is 0. The number of pyridine rings is 1. The number of anilines is 2. The lowest BCUT2D eigenvalue weighted by atomic mass is 9.85. The molecule has 0 bridgehead atoms. The van der Waals surface area contributed by atoms with Crippen LogP contribution >= 0.6 is 0 Å². The van der Waals surface area contributed by atoms with Gasteiger partial charge in [0.05, 0.1) is 36.6 Å². The average molecular weight is 668 g/mol. The Morgan fingerprint density at radius 1 is 0.958 bits per heavy atom. The summed E-state index contributed by atoms with van der Waals surface area (Å²) < 4.78 is 47.3. The van der Waals surface area contributed by atoms with Gasteiger partial charge in [0.1, 0.15) is 16.4 Å². The standard InChI is InChI=1S/C35H33N5O7S/c1-4-46-30-8-6-5-7-27(30)35(47-34(42)39-19-17-38(18-20-39)26-13-15-37-16-14-26)28-22-25(23-36)10-11-29(28)40(33(35)41)48(43,44)32-12-9-24(2)21-31(32)45-3/h5-16,21-22H,4,17-20H2,1-3H3. The van der Waals surface area contributed by atoms with E-state index < -0.39 is 27.6 Å². The molecule has 6 rings (SSSR count). The predicted octanol–water partition coefficient (Wildman–Crippen LogP) is 4.61. The second kappa shape index (κ2) is 12.9. The van der Waals surface area contributed by atoms with Gasteiger partial charge in [-0.15, -0.1) is 0 Å².